The first-order chi connectivity index (χ1) is 11.0. The molecule has 1 aromatic carbocycles. The predicted octanol–water partition coefficient (Wildman–Crippen LogP) is 2.57. The SMILES string of the molecule is CCCNC(=O)N1CCCN(C(=O)c2ccc(C)cc2C)CC1. The van der Waals surface area contributed by atoms with Crippen molar-refractivity contribution in [1.29, 1.82) is 0 Å². The molecule has 1 aliphatic heterocycles. The van der Waals surface area contributed by atoms with Gasteiger partial charge in [0.1, 0.15) is 0 Å². The van der Waals surface area contributed by atoms with Gasteiger partial charge in [0, 0.05) is 38.3 Å². The standard InChI is InChI=1S/C18H27N3O2/c1-4-8-19-18(23)21-10-5-9-20(11-12-21)17(22)16-7-6-14(2)13-15(16)3/h6-7,13H,4-5,8-12H2,1-3H3,(H,19,23). The molecule has 23 heavy (non-hydrogen) atoms. The first-order valence-electron chi connectivity index (χ1n) is 8.42. The van der Waals surface area contributed by atoms with Crippen LogP contribution in [0.5, 0.6) is 0 Å². The summed E-state index contributed by atoms with van der Waals surface area (Å²) in [6.07, 6.45) is 1.74. The Balaban J connectivity index is 1.99. The highest BCUT2D eigenvalue weighted by Gasteiger charge is 2.23. The maximum atomic E-state index is 12.7. The number of urea groups is 1. The topological polar surface area (TPSA) is 52.7 Å². The molecule has 0 bridgehead atoms. The molecule has 0 atom stereocenters. The third-order valence-corrected chi connectivity index (χ3v) is 4.21. The highest BCUT2D eigenvalue weighted by molar-refractivity contribution is 5.95. The molecular weight excluding hydrogens is 290 g/mol. The predicted molar refractivity (Wildman–Crippen MR) is 91.7 cm³/mol. The number of carbonyl (C=O) groups is 2. The van der Waals surface area contributed by atoms with Crippen molar-refractivity contribution in [1.82, 2.24) is 15.1 Å². The molecule has 0 radical (unpaired) electrons. The number of nitrogens with zero attached hydrogens (tertiary/aromatic N) is 2. The van der Waals surface area contributed by atoms with Gasteiger partial charge in [-0.2, -0.15) is 0 Å². The zero-order chi connectivity index (χ0) is 16.8. The average Bonchev–Trinajstić information content (AvgIpc) is 2.78. The molecule has 2 rings (SSSR count). The normalized spacial score (nSPS) is 15.3. The fraction of sp³-hybridized carbons (Fsp3) is 0.556. The van der Waals surface area contributed by atoms with E-state index in [2.05, 4.69) is 5.32 Å². The van der Waals surface area contributed by atoms with Gasteiger partial charge in [0.15, 0.2) is 0 Å². The van der Waals surface area contributed by atoms with E-state index in [-0.39, 0.29) is 11.9 Å². The van der Waals surface area contributed by atoms with E-state index in [9.17, 15) is 9.59 Å². The first-order valence-corrected chi connectivity index (χ1v) is 8.42. The first kappa shape index (κ1) is 17.3. The van der Waals surface area contributed by atoms with Crippen molar-refractivity contribution in [3.05, 3.63) is 34.9 Å². The minimum absolute atomic E-state index is 0.0207. The molecule has 5 heteroatoms. The lowest BCUT2D eigenvalue weighted by molar-refractivity contribution is 0.0761. The van der Waals surface area contributed by atoms with Gasteiger partial charge < -0.3 is 15.1 Å². The molecule has 1 aliphatic rings. The van der Waals surface area contributed by atoms with Crippen molar-refractivity contribution >= 4 is 11.9 Å². The second-order valence-electron chi connectivity index (χ2n) is 6.18. The molecule has 0 aromatic heterocycles. The van der Waals surface area contributed by atoms with Gasteiger partial charge in [-0.1, -0.05) is 24.6 Å². The summed E-state index contributed by atoms with van der Waals surface area (Å²) in [5, 5.41) is 2.90. The van der Waals surface area contributed by atoms with Crippen molar-refractivity contribution < 1.29 is 9.59 Å². The number of aryl methyl sites for hydroxylation is 2. The van der Waals surface area contributed by atoms with Crippen LogP contribution < -0.4 is 5.32 Å². The van der Waals surface area contributed by atoms with E-state index in [0.29, 0.717) is 32.7 Å². The largest absolute Gasteiger partial charge is 0.338 e. The molecular formula is C18H27N3O2. The molecule has 0 unspecified atom stereocenters. The molecule has 5 nitrogen and oxygen atoms in total. The van der Waals surface area contributed by atoms with Crippen LogP contribution in [-0.4, -0.2) is 54.5 Å². The Morgan fingerprint density at radius 1 is 1.09 bits per heavy atom. The number of carbonyl (C=O) groups excluding carboxylic acids is 2. The lowest BCUT2D eigenvalue weighted by atomic mass is 10.0. The zero-order valence-corrected chi connectivity index (χ0v) is 14.4. The third-order valence-electron chi connectivity index (χ3n) is 4.21. The van der Waals surface area contributed by atoms with Crippen LogP contribution in [-0.2, 0) is 0 Å². The summed E-state index contributed by atoms with van der Waals surface area (Å²) in [6, 6.07) is 5.90. The number of nitrogens with one attached hydrogen (secondary N) is 1. The monoisotopic (exact) mass is 317 g/mol. The molecule has 1 fully saturated rings. The minimum Gasteiger partial charge on any atom is -0.338 e. The maximum Gasteiger partial charge on any atom is 0.317 e. The van der Waals surface area contributed by atoms with Gasteiger partial charge >= 0.3 is 6.03 Å². The summed E-state index contributed by atoms with van der Waals surface area (Å²) in [5.41, 5.74) is 2.94. The van der Waals surface area contributed by atoms with Gasteiger partial charge in [-0.3, -0.25) is 4.79 Å². The highest BCUT2D eigenvalue weighted by atomic mass is 16.2. The van der Waals surface area contributed by atoms with Crippen LogP contribution in [0.25, 0.3) is 0 Å². The summed E-state index contributed by atoms with van der Waals surface area (Å²) in [6.45, 7) is 9.31. The number of hydrogen-bond donors (Lipinski definition) is 1. The van der Waals surface area contributed by atoms with Crippen molar-refractivity contribution in [3.8, 4) is 0 Å². The van der Waals surface area contributed by atoms with Crippen LogP contribution in [0.1, 0.15) is 41.3 Å². The molecule has 3 amide bonds. The molecule has 126 valence electrons. The maximum absolute atomic E-state index is 12.7. The van der Waals surface area contributed by atoms with Crippen LogP contribution >= 0.6 is 0 Å². The Morgan fingerprint density at radius 3 is 2.48 bits per heavy atom. The van der Waals surface area contributed by atoms with Crippen molar-refractivity contribution in [2.75, 3.05) is 32.7 Å². The fourth-order valence-corrected chi connectivity index (χ4v) is 2.89. The number of hydrogen-bond acceptors (Lipinski definition) is 2. The van der Waals surface area contributed by atoms with Crippen LogP contribution in [0, 0.1) is 13.8 Å². The van der Waals surface area contributed by atoms with E-state index < -0.39 is 0 Å². The van der Waals surface area contributed by atoms with E-state index in [0.717, 1.165) is 29.5 Å². The number of benzene rings is 1. The van der Waals surface area contributed by atoms with Crippen LogP contribution in [0.15, 0.2) is 18.2 Å². The number of rotatable bonds is 3. The van der Waals surface area contributed by atoms with Crippen LogP contribution in [0.2, 0.25) is 0 Å². The van der Waals surface area contributed by atoms with E-state index in [4.69, 9.17) is 0 Å². The molecule has 1 heterocycles. The second kappa shape index (κ2) is 7.99. The van der Waals surface area contributed by atoms with Crippen LogP contribution in [0.4, 0.5) is 4.79 Å². The summed E-state index contributed by atoms with van der Waals surface area (Å²) in [5.74, 6) is 0.0679. The Morgan fingerprint density at radius 2 is 1.78 bits per heavy atom. The summed E-state index contributed by atoms with van der Waals surface area (Å²) >= 11 is 0. The average molecular weight is 317 g/mol. The molecule has 1 aromatic rings. The van der Waals surface area contributed by atoms with E-state index in [1.807, 2.05) is 48.8 Å². The summed E-state index contributed by atoms with van der Waals surface area (Å²) < 4.78 is 0. The zero-order valence-electron chi connectivity index (χ0n) is 14.4. The minimum atomic E-state index is -0.0207. The third kappa shape index (κ3) is 4.47. The van der Waals surface area contributed by atoms with Crippen molar-refractivity contribution in [2.24, 2.45) is 0 Å². The van der Waals surface area contributed by atoms with Gasteiger partial charge in [-0.25, -0.2) is 4.79 Å². The Hall–Kier alpha value is -2.04. The Bertz CT molecular complexity index is 571. The highest BCUT2D eigenvalue weighted by Crippen LogP contribution is 2.15. The van der Waals surface area contributed by atoms with Gasteiger partial charge in [-0.05, 0) is 38.3 Å². The second-order valence-corrected chi connectivity index (χ2v) is 6.18. The Labute approximate surface area is 138 Å². The van der Waals surface area contributed by atoms with E-state index in [1.54, 1.807) is 0 Å². The Kier molecular flexibility index (Phi) is 6.02. The molecule has 0 aliphatic carbocycles. The lowest BCUT2D eigenvalue weighted by Crippen LogP contribution is -2.42. The van der Waals surface area contributed by atoms with E-state index >= 15 is 0 Å². The van der Waals surface area contributed by atoms with Crippen molar-refractivity contribution in [3.63, 3.8) is 0 Å². The number of amides is 3. The van der Waals surface area contributed by atoms with Crippen LogP contribution in [0.3, 0.4) is 0 Å². The van der Waals surface area contributed by atoms with Gasteiger partial charge in [0.05, 0.1) is 0 Å². The summed E-state index contributed by atoms with van der Waals surface area (Å²) in [4.78, 5) is 28.5. The van der Waals surface area contributed by atoms with Crippen molar-refractivity contribution in [2.45, 2.75) is 33.6 Å². The van der Waals surface area contributed by atoms with Gasteiger partial charge in [0.2, 0.25) is 0 Å². The lowest BCUT2D eigenvalue weighted by Gasteiger charge is -2.23. The van der Waals surface area contributed by atoms with E-state index in [1.165, 1.54) is 0 Å². The quantitative estimate of drug-likeness (QED) is 0.931. The smallest absolute Gasteiger partial charge is 0.317 e. The fourth-order valence-electron chi connectivity index (χ4n) is 2.89. The molecule has 1 N–H and O–H groups in total. The van der Waals surface area contributed by atoms with Gasteiger partial charge in [-0.15, -0.1) is 0 Å². The molecule has 0 saturated carbocycles. The molecule has 1 saturated heterocycles. The summed E-state index contributed by atoms with van der Waals surface area (Å²) in [7, 11) is 0. The van der Waals surface area contributed by atoms with Gasteiger partial charge in [0.25, 0.3) is 5.91 Å². The molecule has 0 spiro atoms.